The first kappa shape index (κ1) is 14.0. The zero-order valence-electron chi connectivity index (χ0n) is 11.4. The Morgan fingerprint density at radius 3 is 3.05 bits per heavy atom. The Labute approximate surface area is 114 Å². The van der Waals surface area contributed by atoms with Crippen LogP contribution in [0.25, 0.3) is 0 Å². The van der Waals surface area contributed by atoms with Crippen molar-refractivity contribution < 1.29 is 9.53 Å². The summed E-state index contributed by atoms with van der Waals surface area (Å²) < 4.78 is 5.41. The zero-order valence-corrected chi connectivity index (χ0v) is 11.4. The standard InChI is InChI=1S/C15H22N2O2/c1-2-19-11-12-6-3-4-8-14(12)17-15(18)10-13-7-5-9-16-13/h3-4,6,8,13,16H,2,5,7,9-11H2,1H3,(H,17,18). The minimum Gasteiger partial charge on any atom is -0.377 e. The van der Waals surface area contributed by atoms with Crippen molar-refractivity contribution >= 4 is 11.6 Å². The highest BCUT2D eigenvalue weighted by Crippen LogP contribution is 2.17. The number of anilines is 1. The molecule has 4 nitrogen and oxygen atoms in total. The van der Waals surface area contributed by atoms with Gasteiger partial charge >= 0.3 is 0 Å². The van der Waals surface area contributed by atoms with Crippen molar-refractivity contribution in [3.8, 4) is 0 Å². The van der Waals surface area contributed by atoms with E-state index in [-0.39, 0.29) is 5.91 Å². The Balaban J connectivity index is 1.91. The van der Waals surface area contributed by atoms with Crippen LogP contribution in [0.3, 0.4) is 0 Å². The summed E-state index contributed by atoms with van der Waals surface area (Å²) in [4.78, 5) is 12.0. The lowest BCUT2D eigenvalue weighted by molar-refractivity contribution is -0.116. The first-order valence-electron chi connectivity index (χ1n) is 6.98. The Morgan fingerprint density at radius 2 is 2.32 bits per heavy atom. The molecule has 0 spiro atoms. The Morgan fingerprint density at radius 1 is 1.47 bits per heavy atom. The van der Waals surface area contributed by atoms with E-state index in [1.165, 1.54) is 6.42 Å². The number of rotatable bonds is 6. The summed E-state index contributed by atoms with van der Waals surface area (Å²) in [5.74, 6) is 0.0725. The third-order valence-electron chi connectivity index (χ3n) is 3.35. The lowest BCUT2D eigenvalue weighted by Crippen LogP contribution is -2.27. The Bertz CT molecular complexity index is 414. The third kappa shape index (κ3) is 4.33. The van der Waals surface area contributed by atoms with Crippen molar-refractivity contribution in [3.63, 3.8) is 0 Å². The lowest BCUT2D eigenvalue weighted by atomic mass is 10.1. The molecule has 1 aliphatic heterocycles. The lowest BCUT2D eigenvalue weighted by Gasteiger charge is -2.13. The van der Waals surface area contributed by atoms with Gasteiger partial charge in [0, 0.05) is 30.3 Å². The molecule has 1 atom stereocenters. The number of carbonyl (C=O) groups excluding carboxylic acids is 1. The molecule has 1 unspecified atom stereocenters. The molecule has 1 saturated heterocycles. The van der Waals surface area contributed by atoms with Crippen LogP contribution in [-0.2, 0) is 16.1 Å². The number of hydrogen-bond donors (Lipinski definition) is 2. The van der Waals surface area contributed by atoms with Crippen molar-refractivity contribution in [2.45, 2.75) is 38.8 Å². The summed E-state index contributed by atoms with van der Waals surface area (Å²) in [7, 11) is 0. The van der Waals surface area contributed by atoms with Gasteiger partial charge in [0.2, 0.25) is 5.91 Å². The molecule has 0 radical (unpaired) electrons. The molecule has 0 bridgehead atoms. The molecule has 1 aromatic rings. The number of amides is 1. The fourth-order valence-corrected chi connectivity index (χ4v) is 2.34. The van der Waals surface area contributed by atoms with Gasteiger partial charge in [-0.25, -0.2) is 0 Å². The predicted molar refractivity (Wildman–Crippen MR) is 76.0 cm³/mol. The van der Waals surface area contributed by atoms with E-state index in [0.29, 0.717) is 25.7 Å². The molecule has 0 saturated carbocycles. The number of nitrogens with one attached hydrogen (secondary N) is 2. The maximum Gasteiger partial charge on any atom is 0.225 e. The van der Waals surface area contributed by atoms with Gasteiger partial charge < -0.3 is 15.4 Å². The van der Waals surface area contributed by atoms with E-state index in [1.807, 2.05) is 31.2 Å². The van der Waals surface area contributed by atoms with Crippen molar-refractivity contribution in [1.82, 2.24) is 5.32 Å². The summed E-state index contributed by atoms with van der Waals surface area (Å²) in [6, 6.07) is 8.13. The van der Waals surface area contributed by atoms with Gasteiger partial charge in [0.25, 0.3) is 0 Å². The number of benzene rings is 1. The normalized spacial score (nSPS) is 18.5. The van der Waals surface area contributed by atoms with Gasteiger partial charge in [-0.05, 0) is 32.4 Å². The molecule has 2 N–H and O–H groups in total. The first-order chi connectivity index (χ1) is 9.29. The molecule has 2 rings (SSSR count). The van der Waals surface area contributed by atoms with Gasteiger partial charge in [0.15, 0.2) is 0 Å². The Hall–Kier alpha value is -1.39. The number of hydrogen-bond acceptors (Lipinski definition) is 3. The molecular weight excluding hydrogens is 240 g/mol. The second-order valence-corrected chi connectivity index (χ2v) is 4.84. The van der Waals surface area contributed by atoms with E-state index in [4.69, 9.17) is 4.74 Å². The molecule has 19 heavy (non-hydrogen) atoms. The average Bonchev–Trinajstić information content (AvgIpc) is 2.90. The molecule has 1 fully saturated rings. The highest BCUT2D eigenvalue weighted by atomic mass is 16.5. The van der Waals surface area contributed by atoms with Gasteiger partial charge in [0.1, 0.15) is 0 Å². The van der Waals surface area contributed by atoms with E-state index in [9.17, 15) is 4.79 Å². The van der Waals surface area contributed by atoms with Crippen LogP contribution in [0.15, 0.2) is 24.3 Å². The summed E-state index contributed by atoms with van der Waals surface area (Å²) >= 11 is 0. The summed E-state index contributed by atoms with van der Waals surface area (Å²) in [5, 5.41) is 6.32. The van der Waals surface area contributed by atoms with Crippen molar-refractivity contribution in [3.05, 3.63) is 29.8 Å². The van der Waals surface area contributed by atoms with Crippen LogP contribution in [0.5, 0.6) is 0 Å². The van der Waals surface area contributed by atoms with E-state index < -0.39 is 0 Å². The van der Waals surface area contributed by atoms with Crippen LogP contribution < -0.4 is 10.6 Å². The largest absolute Gasteiger partial charge is 0.377 e. The van der Waals surface area contributed by atoms with Crippen molar-refractivity contribution in [1.29, 1.82) is 0 Å². The van der Waals surface area contributed by atoms with E-state index in [2.05, 4.69) is 10.6 Å². The SMILES string of the molecule is CCOCc1ccccc1NC(=O)CC1CCCN1. The molecule has 1 aliphatic rings. The highest BCUT2D eigenvalue weighted by molar-refractivity contribution is 5.91. The fourth-order valence-electron chi connectivity index (χ4n) is 2.34. The molecule has 1 amide bonds. The maximum absolute atomic E-state index is 12.0. The second-order valence-electron chi connectivity index (χ2n) is 4.84. The van der Waals surface area contributed by atoms with Crippen LogP contribution >= 0.6 is 0 Å². The van der Waals surface area contributed by atoms with Crippen LogP contribution in [0.4, 0.5) is 5.69 Å². The summed E-state index contributed by atoms with van der Waals surface area (Å²) in [6.07, 6.45) is 2.80. The number of ether oxygens (including phenoxy) is 1. The molecule has 0 aliphatic carbocycles. The maximum atomic E-state index is 12.0. The fraction of sp³-hybridized carbons (Fsp3) is 0.533. The van der Waals surface area contributed by atoms with E-state index >= 15 is 0 Å². The van der Waals surface area contributed by atoms with Gasteiger partial charge in [0.05, 0.1) is 6.61 Å². The molecule has 4 heteroatoms. The highest BCUT2D eigenvalue weighted by Gasteiger charge is 2.18. The zero-order chi connectivity index (χ0) is 13.5. The van der Waals surface area contributed by atoms with Gasteiger partial charge in [-0.1, -0.05) is 18.2 Å². The van der Waals surface area contributed by atoms with Gasteiger partial charge in [-0.15, -0.1) is 0 Å². The quantitative estimate of drug-likeness (QED) is 0.827. The van der Waals surface area contributed by atoms with Crippen LogP contribution in [0, 0.1) is 0 Å². The summed E-state index contributed by atoms with van der Waals surface area (Å²) in [6.45, 7) is 4.20. The van der Waals surface area contributed by atoms with Crippen molar-refractivity contribution in [2.75, 3.05) is 18.5 Å². The topological polar surface area (TPSA) is 50.4 Å². The van der Waals surface area contributed by atoms with E-state index in [0.717, 1.165) is 24.2 Å². The minimum atomic E-state index is 0.0725. The molecule has 1 heterocycles. The van der Waals surface area contributed by atoms with Crippen LogP contribution in [0.2, 0.25) is 0 Å². The van der Waals surface area contributed by atoms with Gasteiger partial charge in [-0.3, -0.25) is 4.79 Å². The number of carbonyl (C=O) groups is 1. The van der Waals surface area contributed by atoms with Crippen molar-refractivity contribution in [2.24, 2.45) is 0 Å². The van der Waals surface area contributed by atoms with Crippen LogP contribution in [0.1, 0.15) is 31.7 Å². The summed E-state index contributed by atoms with van der Waals surface area (Å²) in [5.41, 5.74) is 1.89. The minimum absolute atomic E-state index is 0.0725. The van der Waals surface area contributed by atoms with Crippen LogP contribution in [-0.4, -0.2) is 25.1 Å². The molecular formula is C15H22N2O2. The number of para-hydroxylation sites is 1. The predicted octanol–water partition coefficient (Wildman–Crippen LogP) is 2.30. The molecule has 0 aromatic heterocycles. The third-order valence-corrected chi connectivity index (χ3v) is 3.35. The smallest absolute Gasteiger partial charge is 0.225 e. The molecule has 1 aromatic carbocycles. The average molecular weight is 262 g/mol. The first-order valence-corrected chi connectivity index (χ1v) is 6.98. The van der Waals surface area contributed by atoms with E-state index in [1.54, 1.807) is 0 Å². The monoisotopic (exact) mass is 262 g/mol. The van der Waals surface area contributed by atoms with Gasteiger partial charge in [-0.2, -0.15) is 0 Å². The Kier molecular flexibility index (Phi) is 5.36. The molecule has 104 valence electrons. The second kappa shape index (κ2) is 7.26.